The van der Waals surface area contributed by atoms with Crippen LogP contribution in [0.2, 0.25) is 0 Å². The standard InChI is InChI=1S/C21H30O4/c1-20-7-5-14(22)11-13(20)3-4-15-16(20)6-8-21(2)17(23)9-12(19(15)21)10-18(24)25/h11-12,15-17,19,23H,3-10H2,1-2H3,(H,24,25)/t12-,15-,16+,17+,19+,20+,21-/m1/s1. The fourth-order valence-corrected chi connectivity index (χ4v) is 7.25. The van der Waals surface area contributed by atoms with Crippen molar-refractivity contribution < 1.29 is 19.8 Å². The zero-order chi connectivity index (χ0) is 18.0. The third kappa shape index (κ3) is 2.43. The highest BCUT2D eigenvalue weighted by molar-refractivity contribution is 5.91. The minimum atomic E-state index is -0.741. The second-order valence-electron chi connectivity index (χ2n) is 9.54. The van der Waals surface area contributed by atoms with Crippen molar-refractivity contribution in [3.05, 3.63) is 11.6 Å². The Morgan fingerprint density at radius 2 is 2.00 bits per heavy atom. The summed E-state index contributed by atoms with van der Waals surface area (Å²) in [5.74, 6) is 0.926. The predicted molar refractivity (Wildman–Crippen MR) is 93.8 cm³/mol. The third-order valence-corrected chi connectivity index (χ3v) is 8.49. The molecule has 0 bridgehead atoms. The number of aliphatic carboxylic acids is 1. The Morgan fingerprint density at radius 3 is 2.72 bits per heavy atom. The van der Waals surface area contributed by atoms with Crippen LogP contribution in [0.3, 0.4) is 0 Å². The van der Waals surface area contributed by atoms with Gasteiger partial charge in [0.2, 0.25) is 0 Å². The molecule has 0 spiro atoms. The largest absolute Gasteiger partial charge is 0.481 e. The van der Waals surface area contributed by atoms with E-state index in [0.29, 0.717) is 30.6 Å². The van der Waals surface area contributed by atoms with Crippen molar-refractivity contribution in [3.63, 3.8) is 0 Å². The summed E-state index contributed by atoms with van der Waals surface area (Å²) in [6.07, 6.45) is 8.01. The summed E-state index contributed by atoms with van der Waals surface area (Å²) in [6.45, 7) is 4.53. The lowest BCUT2D eigenvalue weighted by Gasteiger charge is -2.58. The van der Waals surface area contributed by atoms with Gasteiger partial charge in [-0.2, -0.15) is 0 Å². The maximum atomic E-state index is 11.9. The molecule has 0 radical (unpaired) electrons. The Kier molecular flexibility index (Phi) is 3.91. The number of aliphatic hydroxyl groups is 1. The average Bonchev–Trinajstić information content (AvgIpc) is 2.78. The molecule has 0 aromatic carbocycles. The first-order valence-corrected chi connectivity index (χ1v) is 9.89. The topological polar surface area (TPSA) is 74.6 Å². The lowest BCUT2D eigenvalue weighted by molar-refractivity contribution is -0.140. The second kappa shape index (κ2) is 5.67. The number of ketones is 1. The Bertz CT molecular complexity index is 638. The normalized spacial score (nSPS) is 49.0. The summed E-state index contributed by atoms with van der Waals surface area (Å²) in [6, 6.07) is 0. The highest BCUT2D eigenvalue weighted by Gasteiger charge is 2.61. The highest BCUT2D eigenvalue weighted by atomic mass is 16.4. The van der Waals surface area contributed by atoms with Crippen LogP contribution in [0.4, 0.5) is 0 Å². The first-order chi connectivity index (χ1) is 11.8. The van der Waals surface area contributed by atoms with Crippen LogP contribution in [0.15, 0.2) is 11.6 Å². The number of fused-ring (bicyclic) bond motifs is 5. The molecule has 2 N–H and O–H groups in total. The summed E-state index contributed by atoms with van der Waals surface area (Å²) >= 11 is 0. The van der Waals surface area contributed by atoms with Crippen LogP contribution in [-0.2, 0) is 9.59 Å². The zero-order valence-corrected chi connectivity index (χ0v) is 15.3. The molecular formula is C21H30O4. The van der Waals surface area contributed by atoms with Crippen molar-refractivity contribution in [2.75, 3.05) is 0 Å². The van der Waals surface area contributed by atoms with Crippen LogP contribution in [0.5, 0.6) is 0 Å². The molecule has 0 unspecified atom stereocenters. The van der Waals surface area contributed by atoms with Crippen LogP contribution < -0.4 is 0 Å². The molecule has 0 aromatic rings. The van der Waals surface area contributed by atoms with Crippen LogP contribution in [0, 0.1) is 34.5 Å². The van der Waals surface area contributed by atoms with Crippen molar-refractivity contribution in [2.45, 2.75) is 71.3 Å². The molecule has 4 nitrogen and oxygen atoms in total. The Labute approximate surface area is 149 Å². The predicted octanol–water partition coefficient (Wildman–Crippen LogP) is 3.58. The third-order valence-electron chi connectivity index (χ3n) is 8.49. The SMILES string of the molecule is C[C@]12CC[C@H]3[C@@H](CCC4=CC(=O)CC[C@@]43C)[C@@H]1[C@@H](CC(=O)O)C[C@@H]2O. The van der Waals surface area contributed by atoms with Crippen molar-refractivity contribution >= 4 is 11.8 Å². The van der Waals surface area contributed by atoms with Crippen molar-refractivity contribution in [1.82, 2.24) is 0 Å². The molecule has 25 heavy (non-hydrogen) atoms. The molecule has 4 rings (SSSR count). The van der Waals surface area contributed by atoms with Gasteiger partial charge in [0.05, 0.1) is 6.10 Å². The van der Waals surface area contributed by atoms with E-state index in [1.165, 1.54) is 5.57 Å². The van der Waals surface area contributed by atoms with Crippen LogP contribution >= 0.6 is 0 Å². The van der Waals surface area contributed by atoms with Gasteiger partial charge in [0.1, 0.15) is 0 Å². The molecule has 0 aromatic heterocycles. The fourth-order valence-electron chi connectivity index (χ4n) is 7.25. The van der Waals surface area contributed by atoms with Gasteiger partial charge in [0.15, 0.2) is 5.78 Å². The number of hydrogen-bond donors (Lipinski definition) is 2. The zero-order valence-electron chi connectivity index (χ0n) is 15.3. The Balaban J connectivity index is 1.69. The summed E-state index contributed by atoms with van der Waals surface area (Å²) < 4.78 is 0. The van der Waals surface area contributed by atoms with Crippen LogP contribution in [0.1, 0.15) is 65.2 Å². The number of carbonyl (C=O) groups is 2. The van der Waals surface area contributed by atoms with Gasteiger partial charge in [0, 0.05) is 12.8 Å². The van der Waals surface area contributed by atoms with E-state index in [1.54, 1.807) is 0 Å². The van der Waals surface area contributed by atoms with E-state index in [0.717, 1.165) is 32.1 Å². The van der Waals surface area contributed by atoms with E-state index in [2.05, 4.69) is 13.8 Å². The van der Waals surface area contributed by atoms with Gasteiger partial charge in [-0.25, -0.2) is 0 Å². The second-order valence-corrected chi connectivity index (χ2v) is 9.54. The summed E-state index contributed by atoms with van der Waals surface area (Å²) in [5, 5.41) is 20.1. The molecule has 4 heteroatoms. The van der Waals surface area contributed by atoms with E-state index in [9.17, 15) is 19.8 Å². The average molecular weight is 346 g/mol. The van der Waals surface area contributed by atoms with Crippen molar-refractivity contribution in [3.8, 4) is 0 Å². The molecule has 7 atom stereocenters. The van der Waals surface area contributed by atoms with Crippen molar-refractivity contribution in [2.24, 2.45) is 34.5 Å². The first kappa shape index (κ1) is 17.3. The molecule has 0 heterocycles. The lowest BCUT2D eigenvalue weighted by Crippen LogP contribution is -2.52. The molecular weight excluding hydrogens is 316 g/mol. The number of carboxylic acids is 1. The van der Waals surface area contributed by atoms with Crippen LogP contribution in [0.25, 0.3) is 0 Å². The molecule has 3 saturated carbocycles. The van der Waals surface area contributed by atoms with E-state index < -0.39 is 5.97 Å². The van der Waals surface area contributed by atoms with Gasteiger partial charge in [-0.15, -0.1) is 0 Å². The van der Waals surface area contributed by atoms with E-state index in [4.69, 9.17) is 0 Å². The van der Waals surface area contributed by atoms with Gasteiger partial charge in [0.25, 0.3) is 0 Å². The minimum absolute atomic E-state index is 0.0876. The first-order valence-electron chi connectivity index (χ1n) is 9.89. The maximum Gasteiger partial charge on any atom is 0.303 e. The minimum Gasteiger partial charge on any atom is -0.481 e. The van der Waals surface area contributed by atoms with Crippen molar-refractivity contribution in [1.29, 1.82) is 0 Å². The number of aliphatic hydroxyl groups excluding tert-OH is 1. The highest BCUT2D eigenvalue weighted by Crippen LogP contribution is 2.66. The van der Waals surface area contributed by atoms with Gasteiger partial charge < -0.3 is 10.2 Å². The van der Waals surface area contributed by atoms with E-state index >= 15 is 0 Å². The number of allylic oxidation sites excluding steroid dienone is 1. The number of hydrogen-bond acceptors (Lipinski definition) is 3. The van der Waals surface area contributed by atoms with E-state index in [-0.39, 0.29) is 35.1 Å². The lowest BCUT2D eigenvalue weighted by atomic mass is 9.46. The summed E-state index contributed by atoms with van der Waals surface area (Å²) in [4.78, 5) is 23.3. The Morgan fingerprint density at radius 1 is 1.24 bits per heavy atom. The van der Waals surface area contributed by atoms with Gasteiger partial charge in [-0.3, -0.25) is 9.59 Å². The van der Waals surface area contributed by atoms with Crippen LogP contribution in [-0.4, -0.2) is 28.1 Å². The smallest absolute Gasteiger partial charge is 0.303 e. The molecule has 3 fully saturated rings. The number of carbonyl (C=O) groups excluding carboxylic acids is 1. The fraction of sp³-hybridized carbons (Fsp3) is 0.810. The number of rotatable bonds is 2. The van der Waals surface area contributed by atoms with E-state index in [1.807, 2.05) is 6.08 Å². The molecule has 4 aliphatic rings. The maximum absolute atomic E-state index is 11.9. The van der Waals surface area contributed by atoms with Gasteiger partial charge >= 0.3 is 5.97 Å². The summed E-state index contributed by atoms with van der Waals surface area (Å²) in [5.41, 5.74) is 1.30. The quantitative estimate of drug-likeness (QED) is 0.801. The monoisotopic (exact) mass is 346 g/mol. The molecule has 138 valence electrons. The Hall–Kier alpha value is -1.16. The molecule has 0 saturated heterocycles. The van der Waals surface area contributed by atoms with Gasteiger partial charge in [-0.05, 0) is 79.1 Å². The molecule has 0 aliphatic heterocycles. The summed E-state index contributed by atoms with van der Waals surface area (Å²) in [7, 11) is 0. The van der Waals surface area contributed by atoms with Gasteiger partial charge in [-0.1, -0.05) is 19.4 Å². The number of carboxylic acid groups (broad SMARTS) is 1. The molecule has 0 amide bonds. The molecule has 4 aliphatic carbocycles.